The Hall–Kier alpha value is -2.41. The summed E-state index contributed by atoms with van der Waals surface area (Å²) in [6.07, 6.45) is 4.94. The number of aromatic nitrogens is 3. The minimum atomic E-state index is 0.455. The molecule has 2 N–H and O–H groups in total. The summed E-state index contributed by atoms with van der Waals surface area (Å²) in [7, 11) is 0. The van der Waals surface area contributed by atoms with Crippen LogP contribution in [0.15, 0.2) is 41.7 Å². The topological polar surface area (TPSA) is 70.4 Å². The van der Waals surface area contributed by atoms with Crippen LogP contribution in [0.25, 0.3) is 0 Å². The normalized spacial score (nSPS) is 20.6. The lowest BCUT2D eigenvalue weighted by atomic mass is 9.97. The molecule has 0 radical (unpaired) electrons. The van der Waals surface area contributed by atoms with Crippen molar-refractivity contribution in [1.82, 2.24) is 30.3 Å². The maximum atomic E-state index is 4.77. The van der Waals surface area contributed by atoms with Crippen molar-refractivity contribution < 1.29 is 0 Å². The second-order valence-corrected chi connectivity index (χ2v) is 7.73. The molecule has 1 aliphatic heterocycles. The number of rotatable bonds is 8. The molecule has 1 aromatic carbocycles. The molecule has 7 nitrogen and oxygen atoms in total. The van der Waals surface area contributed by atoms with Gasteiger partial charge in [0, 0.05) is 44.7 Å². The van der Waals surface area contributed by atoms with Crippen molar-refractivity contribution in [3.8, 4) is 0 Å². The first-order valence-corrected chi connectivity index (χ1v) is 10.9. The lowest BCUT2D eigenvalue weighted by Gasteiger charge is -2.38. The molecule has 3 rings (SSSR count). The highest BCUT2D eigenvalue weighted by atomic mass is 15.3. The van der Waals surface area contributed by atoms with Crippen LogP contribution in [-0.4, -0.2) is 57.3 Å². The number of nitrogens with zero attached hydrogens (tertiary/aromatic N) is 5. The van der Waals surface area contributed by atoms with E-state index in [-0.39, 0.29) is 0 Å². The maximum absolute atomic E-state index is 4.77. The summed E-state index contributed by atoms with van der Waals surface area (Å²) < 4.78 is 2.08. The standard InChI is InChI=1S/C22H35N7/c1-4-21-27-25-17-29(21)14-12-24-22(23-5-2)26-20-11-13-28(18(3)15-20)16-19-9-7-6-8-10-19/h6-10,17-18,20H,4-5,11-16H2,1-3H3,(H2,23,24,26). The van der Waals surface area contributed by atoms with E-state index in [0.29, 0.717) is 18.6 Å². The third-order valence-electron chi connectivity index (χ3n) is 5.55. The number of likely N-dealkylation sites (tertiary alicyclic amines) is 1. The number of piperidine rings is 1. The number of aliphatic imine (C=N–C) groups is 1. The van der Waals surface area contributed by atoms with Crippen LogP contribution in [0.2, 0.25) is 0 Å². The molecule has 29 heavy (non-hydrogen) atoms. The minimum Gasteiger partial charge on any atom is -0.357 e. The van der Waals surface area contributed by atoms with Gasteiger partial charge in [-0.3, -0.25) is 9.89 Å². The summed E-state index contributed by atoms with van der Waals surface area (Å²) in [6, 6.07) is 11.8. The van der Waals surface area contributed by atoms with Crippen molar-refractivity contribution in [3.63, 3.8) is 0 Å². The lowest BCUT2D eigenvalue weighted by molar-refractivity contribution is 0.134. The Labute approximate surface area is 174 Å². The van der Waals surface area contributed by atoms with Crippen LogP contribution in [0.5, 0.6) is 0 Å². The van der Waals surface area contributed by atoms with Crippen LogP contribution in [0.4, 0.5) is 0 Å². The van der Waals surface area contributed by atoms with E-state index in [1.54, 1.807) is 6.33 Å². The van der Waals surface area contributed by atoms with E-state index in [9.17, 15) is 0 Å². The van der Waals surface area contributed by atoms with Gasteiger partial charge in [0.05, 0.1) is 6.54 Å². The fraction of sp³-hybridized carbons (Fsp3) is 0.591. The van der Waals surface area contributed by atoms with Gasteiger partial charge in [0.25, 0.3) is 0 Å². The molecule has 2 unspecified atom stereocenters. The molecule has 0 amide bonds. The summed E-state index contributed by atoms with van der Waals surface area (Å²) in [4.78, 5) is 7.35. The van der Waals surface area contributed by atoms with E-state index < -0.39 is 0 Å². The fourth-order valence-corrected chi connectivity index (χ4v) is 3.93. The maximum Gasteiger partial charge on any atom is 0.191 e. The van der Waals surface area contributed by atoms with Crippen LogP contribution in [-0.2, 0) is 19.5 Å². The van der Waals surface area contributed by atoms with Gasteiger partial charge in [0.15, 0.2) is 5.96 Å². The fourth-order valence-electron chi connectivity index (χ4n) is 3.93. The highest BCUT2D eigenvalue weighted by Gasteiger charge is 2.25. The van der Waals surface area contributed by atoms with Gasteiger partial charge in [0.1, 0.15) is 12.2 Å². The summed E-state index contributed by atoms with van der Waals surface area (Å²) in [5.74, 6) is 1.92. The van der Waals surface area contributed by atoms with Crippen molar-refractivity contribution in [3.05, 3.63) is 48.0 Å². The molecule has 2 heterocycles. The predicted octanol–water partition coefficient (Wildman–Crippen LogP) is 2.45. The van der Waals surface area contributed by atoms with Crippen LogP contribution in [0, 0.1) is 0 Å². The van der Waals surface area contributed by atoms with Crippen molar-refractivity contribution in [2.45, 2.75) is 65.2 Å². The van der Waals surface area contributed by atoms with E-state index in [0.717, 1.165) is 57.2 Å². The summed E-state index contributed by atoms with van der Waals surface area (Å²) in [6.45, 7) is 11.1. The molecule has 0 bridgehead atoms. The lowest BCUT2D eigenvalue weighted by Crippen LogP contribution is -2.51. The average molecular weight is 398 g/mol. The van der Waals surface area contributed by atoms with Crippen LogP contribution < -0.4 is 10.6 Å². The Bertz CT molecular complexity index is 756. The first kappa shape index (κ1) is 21.3. The monoisotopic (exact) mass is 397 g/mol. The molecule has 2 atom stereocenters. The van der Waals surface area contributed by atoms with Gasteiger partial charge in [-0.1, -0.05) is 37.3 Å². The van der Waals surface area contributed by atoms with E-state index in [4.69, 9.17) is 4.99 Å². The zero-order valence-corrected chi connectivity index (χ0v) is 18.0. The van der Waals surface area contributed by atoms with Crippen molar-refractivity contribution in [1.29, 1.82) is 0 Å². The number of benzene rings is 1. The Morgan fingerprint density at radius 2 is 2.07 bits per heavy atom. The molecule has 0 saturated carbocycles. The first-order chi connectivity index (χ1) is 14.2. The molecule has 1 aliphatic rings. The SMILES string of the molecule is CCNC(=NCCn1cnnc1CC)NC1CCN(Cc2ccccc2)C(C)C1. The van der Waals surface area contributed by atoms with E-state index in [1.165, 1.54) is 5.56 Å². The van der Waals surface area contributed by atoms with Crippen molar-refractivity contribution in [2.24, 2.45) is 4.99 Å². The highest BCUT2D eigenvalue weighted by Crippen LogP contribution is 2.19. The Morgan fingerprint density at radius 1 is 1.24 bits per heavy atom. The van der Waals surface area contributed by atoms with Crippen LogP contribution in [0.3, 0.4) is 0 Å². The van der Waals surface area contributed by atoms with Crippen molar-refractivity contribution in [2.75, 3.05) is 19.6 Å². The van der Waals surface area contributed by atoms with E-state index in [2.05, 4.69) is 81.4 Å². The van der Waals surface area contributed by atoms with Gasteiger partial charge < -0.3 is 15.2 Å². The molecule has 7 heteroatoms. The van der Waals surface area contributed by atoms with Gasteiger partial charge in [-0.05, 0) is 32.3 Å². The van der Waals surface area contributed by atoms with Crippen molar-refractivity contribution >= 4 is 5.96 Å². The third-order valence-corrected chi connectivity index (χ3v) is 5.55. The first-order valence-electron chi connectivity index (χ1n) is 10.9. The minimum absolute atomic E-state index is 0.455. The second kappa shape index (κ2) is 11.0. The number of hydrogen-bond donors (Lipinski definition) is 2. The van der Waals surface area contributed by atoms with Gasteiger partial charge in [0.2, 0.25) is 0 Å². The molecule has 1 fully saturated rings. The van der Waals surface area contributed by atoms with Gasteiger partial charge in [-0.15, -0.1) is 10.2 Å². The van der Waals surface area contributed by atoms with Gasteiger partial charge in [-0.25, -0.2) is 0 Å². The molecule has 1 saturated heterocycles. The second-order valence-electron chi connectivity index (χ2n) is 7.73. The Kier molecular flexibility index (Phi) is 8.04. The molecule has 0 aliphatic carbocycles. The molecule has 0 spiro atoms. The van der Waals surface area contributed by atoms with Gasteiger partial charge >= 0.3 is 0 Å². The summed E-state index contributed by atoms with van der Waals surface area (Å²) in [5, 5.41) is 15.2. The van der Waals surface area contributed by atoms with Crippen LogP contribution >= 0.6 is 0 Å². The predicted molar refractivity (Wildman–Crippen MR) is 118 cm³/mol. The van der Waals surface area contributed by atoms with E-state index in [1.807, 2.05) is 0 Å². The summed E-state index contributed by atoms with van der Waals surface area (Å²) >= 11 is 0. The molecule has 2 aromatic rings. The molecule has 158 valence electrons. The zero-order valence-electron chi connectivity index (χ0n) is 18.0. The quantitative estimate of drug-likeness (QED) is 0.529. The number of hydrogen-bond acceptors (Lipinski definition) is 4. The number of aryl methyl sites for hydroxylation is 1. The highest BCUT2D eigenvalue weighted by molar-refractivity contribution is 5.80. The van der Waals surface area contributed by atoms with E-state index >= 15 is 0 Å². The molecular formula is C22H35N7. The third kappa shape index (κ3) is 6.29. The van der Waals surface area contributed by atoms with Crippen LogP contribution in [0.1, 0.15) is 45.0 Å². The smallest absolute Gasteiger partial charge is 0.191 e. The Morgan fingerprint density at radius 3 is 2.79 bits per heavy atom. The zero-order chi connectivity index (χ0) is 20.5. The largest absolute Gasteiger partial charge is 0.357 e. The number of nitrogens with one attached hydrogen (secondary N) is 2. The molecular weight excluding hydrogens is 362 g/mol. The average Bonchev–Trinajstić information content (AvgIpc) is 3.18. The number of guanidine groups is 1. The van der Waals surface area contributed by atoms with Gasteiger partial charge in [-0.2, -0.15) is 0 Å². The molecule has 1 aromatic heterocycles. The Balaban J connectivity index is 1.50. The summed E-state index contributed by atoms with van der Waals surface area (Å²) in [5.41, 5.74) is 1.39.